The van der Waals surface area contributed by atoms with Crippen molar-refractivity contribution in [3.05, 3.63) is 63.9 Å². The topological polar surface area (TPSA) is 38.9 Å². The first-order valence-electron chi connectivity index (χ1n) is 4.89. The van der Waals surface area contributed by atoms with Crippen molar-refractivity contribution in [1.29, 1.82) is 0 Å². The second-order valence-electron chi connectivity index (χ2n) is 3.54. The highest BCUT2D eigenvalue weighted by Gasteiger charge is 2.16. The number of aromatic nitrogens is 1. The highest BCUT2D eigenvalue weighted by Crippen LogP contribution is 2.28. The zero-order valence-electron chi connectivity index (χ0n) is 8.70. The van der Waals surface area contributed by atoms with E-state index in [-0.39, 0.29) is 5.82 Å². The number of pyridine rings is 1. The van der Waals surface area contributed by atoms with Gasteiger partial charge < -0.3 is 5.73 Å². The van der Waals surface area contributed by atoms with Crippen molar-refractivity contribution in [2.45, 2.75) is 6.04 Å². The molecule has 0 spiro atoms. The molecule has 0 bridgehead atoms. The molecule has 88 valence electrons. The summed E-state index contributed by atoms with van der Waals surface area (Å²) in [5, 5.41) is 0. The SMILES string of the molecule is NC(c1ccncc1F)c1ccc(F)cc1Br. The molecule has 1 heterocycles. The molecule has 0 fully saturated rings. The van der Waals surface area contributed by atoms with Crippen LogP contribution in [0.15, 0.2) is 41.1 Å². The van der Waals surface area contributed by atoms with Crippen LogP contribution in [0.1, 0.15) is 17.2 Å². The van der Waals surface area contributed by atoms with Gasteiger partial charge in [-0.2, -0.15) is 0 Å². The Balaban J connectivity index is 2.44. The Bertz CT molecular complexity index is 546. The van der Waals surface area contributed by atoms with Crippen LogP contribution in [-0.4, -0.2) is 4.98 Å². The third-order valence-corrected chi connectivity index (χ3v) is 3.12. The van der Waals surface area contributed by atoms with Crippen LogP contribution in [0.4, 0.5) is 8.78 Å². The molecule has 0 aliphatic rings. The van der Waals surface area contributed by atoms with Crippen LogP contribution in [0, 0.1) is 11.6 Å². The predicted molar refractivity (Wildman–Crippen MR) is 64.3 cm³/mol. The third-order valence-electron chi connectivity index (χ3n) is 2.44. The van der Waals surface area contributed by atoms with E-state index in [2.05, 4.69) is 20.9 Å². The number of halogens is 3. The highest BCUT2D eigenvalue weighted by atomic mass is 79.9. The third kappa shape index (κ3) is 2.50. The van der Waals surface area contributed by atoms with Crippen molar-refractivity contribution in [2.24, 2.45) is 5.73 Å². The molecule has 5 heteroatoms. The molecule has 2 N–H and O–H groups in total. The number of hydrogen-bond acceptors (Lipinski definition) is 2. The summed E-state index contributed by atoms with van der Waals surface area (Å²) in [6.45, 7) is 0. The Kier molecular flexibility index (Phi) is 3.49. The van der Waals surface area contributed by atoms with Crippen LogP contribution < -0.4 is 5.73 Å². The molecule has 2 aromatic rings. The maximum atomic E-state index is 13.5. The van der Waals surface area contributed by atoms with Crippen LogP contribution in [-0.2, 0) is 0 Å². The first kappa shape index (κ1) is 12.1. The minimum Gasteiger partial charge on any atom is -0.320 e. The van der Waals surface area contributed by atoms with E-state index in [0.29, 0.717) is 15.6 Å². The fourth-order valence-electron chi connectivity index (χ4n) is 1.56. The molecule has 1 atom stereocenters. The van der Waals surface area contributed by atoms with Gasteiger partial charge in [0.25, 0.3) is 0 Å². The Labute approximate surface area is 106 Å². The standard InChI is InChI=1S/C12H9BrF2N2/c13-10-5-7(14)1-2-8(10)12(16)9-3-4-17-6-11(9)15/h1-6,12H,16H2. The molecule has 17 heavy (non-hydrogen) atoms. The van der Waals surface area contributed by atoms with E-state index in [1.165, 1.54) is 30.5 Å². The maximum Gasteiger partial charge on any atom is 0.146 e. The molecule has 2 nitrogen and oxygen atoms in total. The van der Waals surface area contributed by atoms with Gasteiger partial charge in [0.05, 0.1) is 12.2 Å². The lowest BCUT2D eigenvalue weighted by molar-refractivity contribution is 0.592. The Morgan fingerprint density at radius 3 is 2.59 bits per heavy atom. The zero-order valence-corrected chi connectivity index (χ0v) is 10.3. The van der Waals surface area contributed by atoms with Crippen LogP contribution in [0.5, 0.6) is 0 Å². The summed E-state index contributed by atoms with van der Waals surface area (Å²) in [5.41, 5.74) is 6.90. The number of rotatable bonds is 2. The molecule has 0 aliphatic heterocycles. The molecular formula is C12H9BrF2N2. The molecular weight excluding hydrogens is 290 g/mol. The maximum absolute atomic E-state index is 13.5. The lowest BCUT2D eigenvalue weighted by atomic mass is 10.0. The molecule has 0 radical (unpaired) electrons. The summed E-state index contributed by atoms with van der Waals surface area (Å²) in [6.07, 6.45) is 2.57. The van der Waals surface area contributed by atoms with Crippen LogP contribution >= 0.6 is 15.9 Å². The molecule has 0 amide bonds. The molecule has 1 unspecified atom stereocenters. The lowest BCUT2D eigenvalue weighted by Crippen LogP contribution is -2.14. The fourth-order valence-corrected chi connectivity index (χ4v) is 2.16. The fraction of sp³-hybridized carbons (Fsp3) is 0.0833. The van der Waals surface area contributed by atoms with Crippen LogP contribution in [0.25, 0.3) is 0 Å². The molecule has 0 aliphatic carbocycles. The first-order valence-corrected chi connectivity index (χ1v) is 5.69. The average molecular weight is 299 g/mol. The molecule has 1 aromatic carbocycles. The number of nitrogens with two attached hydrogens (primary N) is 1. The van der Waals surface area contributed by atoms with E-state index < -0.39 is 11.9 Å². The number of nitrogens with zero attached hydrogens (tertiary/aromatic N) is 1. The van der Waals surface area contributed by atoms with Gasteiger partial charge >= 0.3 is 0 Å². The van der Waals surface area contributed by atoms with Crippen molar-refractivity contribution < 1.29 is 8.78 Å². The molecule has 0 saturated carbocycles. The Morgan fingerprint density at radius 1 is 1.18 bits per heavy atom. The van der Waals surface area contributed by atoms with Crippen molar-refractivity contribution in [3.63, 3.8) is 0 Å². The van der Waals surface area contributed by atoms with Crippen molar-refractivity contribution >= 4 is 15.9 Å². The Morgan fingerprint density at radius 2 is 1.94 bits per heavy atom. The van der Waals surface area contributed by atoms with Gasteiger partial charge in [0.1, 0.15) is 11.6 Å². The van der Waals surface area contributed by atoms with E-state index in [4.69, 9.17) is 5.73 Å². The van der Waals surface area contributed by atoms with E-state index in [1.54, 1.807) is 0 Å². The first-order chi connectivity index (χ1) is 8.09. The van der Waals surface area contributed by atoms with Gasteiger partial charge in [-0.3, -0.25) is 4.98 Å². The second-order valence-corrected chi connectivity index (χ2v) is 4.40. The second kappa shape index (κ2) is 4.89. The number of hydrogen-bond donors (Lipinski definition) is 1. The van der Waals surface area contributed by atoms with Gasteiger partial charge in [-0.05, 0) is 23.8 Å². The van der Waals surface area contributed by atoms with E-state index in [0.717, 1.165) is 6.20 Å². The summed E-state index contributed by atoms with van der Waals surface area (Å²) >= 11 is 3.21. The molecule has 0 saturated heterocycles. The minimum absolute atomic E-state index is 0.326. The lowest BCUT2D eigenvalue weighted by Gasteiger charge is -2.14. The molecule has 2 rings (SSSR count). The monoisotopic (exact) mass is 298 g/mol. The van der Waals surface area contributed by atoms with Crippen LogP contribution in [0.2, 0.25) is 0 Å². The smallest absolute Gasteiger partial charge is 0.146 e. The van der Waals surface area contributed by atoms with Gasteiger partial charge in [0.15, 0.2) is 0 Å². The minimum atomic E-state index is -0.659. The van der Waals surface area contributed by atoms with Crippen LogP contribution in [0.3, 0.4) is 0 Å². The summed E-state index contributed by atoms with van der Waals surface area (Å²) in [5.74, 6) is -0.848. The largest absolute Gasteiger partial charge is 0.320 e. The van der Waals surface area contributed by atoms with E-state index >= 15 is 0 Å². The summed E-state index contributed by atoms with van der Waals surface area (Å²) in [4.78, 5) is 3.66. The van der Waals surface area contributed by atoms with Gasteiger partial charge in [-0.15, -0.1) is 0 Å². The highest BCUT2D eigenvalue weighted by molar-refractivity contribution is 9.10. The average Bonchev–Trinajstić information content (AvgIpc) is 2.29. The van der Waals surface area contributed by atoms with Crippen molar-refractivity contribution in [2.75, 3.05) is 0 Å². The summed E-state index contributed by atoms with van der Waals surface area (Å²) in [7, 11) is 0. The number of benzene rings is 1. The van der Waals surface area contributed by atoms with Gasteiger partial charge in [0.2, 0.25) is 0 Å². The summed E-state index contributed by atoms with van der Waals surface area (Å²) in [6, 6.07) is 4.97. The van der Waals surface area contributed by atoms with Gasteiger partial charge in [0, 0.05) is 16.2 Å². The zero-order chi connectivity index (χ0) is 12.4. The van der Waals surface area contributed by atoms with Crippen molar-refractivity contribution in [1.82, 2.24) is 4.98 Å². The quantitative estimate of drug-likeness (QED) is 0.925. The van der Waals surface area contributed by atoms with E-state index in [9.17, 15) is 8.78 Å². The van der Waals surface area contributed by atoms with E-state index in [1.807, 2.05) is 0 Å². The van der Waals surface area contributed by atoms with Gasteiger partial charge in [-0.25, -0.2) is 8.78 Å². The summed E-state index contributed by atoms with van der Waals surface area (Å²) < 4.78 is 27.0. The predicted octanol–water partition coefficient (Wildman–Crippen LogP) is 3.17. The van der Waals surface area contributed by atoms with Crippen molar-refractivity contribution in [3.8, 4) is 0 Å². The normalized spacial score (nSPS) is 12.5. The van der Waals surface area contributed by atoms with Gasteiger partial charge in [-0.1, -0.05) is 22.0 Å². The molecule has 1 aromatic heterocycles. The Hall–Kier alpha value is -1.33.